The number of carbonyl (C=O) groups is 1. The number of ether oxygens (including phenoxy) is 1. The lowest BCUT2D eigenvalue weighted by atomic mass is 9.99. The van der Waals surface area contributed by atoms with Gasteiger partial charge in [-0.2, -0.15) is 0 Å². The number of para-hydroxylation sites is 1. The first-order valence-electron chi connectivity index (χ1n) is 6.93. The summed E-state index contributed by atoms with van der Waals surface area (Å²) in [5.74, 6) is -0.662. The van der Waals surface area contributed by atoms with E-state index in [-0.39, 0.29) is 16.9 Å². The fourth-order valence-electron chi connectivity index (χ4n) is 2.46. The number of esters is 1. The number of non-ortho nitro benzene ring substituents is 1. The zero-order valence-corrected chi connectivity index (χ0v) is 13.3. The molecule has 0 aliphatic heterocycles. The number of pyridine rings is 1. The van der Waals surface area contributed by atoms with E-state index in [1.165, 1.54) is 13.2 Å². The van der Waals surface area contributed by atoms with Gasteiger partial charge in [0.1, 0.15) is 11.2 Å². The van der Waals surface area contributed by atoms with Crippen LogP contribution in [0.3, 0.4) is 0 Å². The first kappa shape index (κ1) is 15.9. The highest BCUT2D eigenvalue weighted by atomic mass is 35.5. The standard InChI is InChI=1S/C17H11ClN2O4/c1-24-17(21)14-9-13(10-5-7-11(18)8-6-10)12-3-2-4-15(20(22)23)16(12)19-14/h2-9H,1H3. The number of hydrogen-bond donors (Lipinski definition) is 0. The molecule has 0 radical (unpaired) electrons. The normalized spacial score (nSPS) is 10.6. The molecule has 0 saturated carbocycles. The molecule has 1 aromatic heterocycles. The molecule has 0 aliphatic rings. The molecular weight excluding hydrogens is 332 g/mol. The minimum Gasteiger partial charge on any atom is -0.464 e. The lowest BCUT2D eigenvalue weighted by Gasteiger charge is -2.09. The minimum absolute atomic E-state index is 0.00394. The van der Waals surface area contributed by atoms with Gasteiger partial charge in [0.2, 0.25) is 0 Å². The van der Waals surface area contributed by atoms with Crippen molar-refractivity contribution in [2.75, 3.05) is 7.11 Å². The first-order valence-corrected chi connectivity index (χ1v) is 7.31. The molecule has 3 rings (SSSR count). The number of benzene rings is 2. The molecule has 24 heavy (non-hydrogen) atoms. The summed E-state index contributed by atoms with van der Waals surface area (Å²) >= 11 is 5.91. The van der Waals surface area contributed by atoms with Crippen LogP contribution in [0.15, 0.2) is 48.5 Å². The maximum Gasteiger partial charge on any atom is 0.356 e. The third kappa shape index (κ3) is 2.79. The van der Waals surface area contributed by atoms with Crippen molar-refractivity contribution in [2.45, 2.75) is 0 Å². The van der Waals surface area contributed by atoms with Crippen LogP contribution in [0, 0.1) is 10.1 Å². The highest BCUT2D eigenvalue weighted by molar-refractivity contribution is 6.30. The molecule has 0 atom stereocenters. The van der Waals surface area contributed by atoms with Crippen LogP contribution in [-0.2, 0) is 4.74 Å². The van der Waals surface area contributed by atoms with Gasteiger partial charge in [-0.1, -0.05) is 35.9 Å². The van der Waals surface area contributed by atoms with Gasteiger partial charge in [0.25, 0.3) is 5.69 Å². The maximum absolute atomic E-state index is 11.9. The molecule has 2 aromatic carbocycles. The second-order valence-electron chi connectivity index (χ2n) is 4.98. The Labute approximate surface area is 141 Å². The Morgan fingerprint density at radius 3 is 2.54 bits per heavy atom. The Balaban J connectivity index is 2.38. The summed E-state index contributed by atoms with van der Waals surface area (Å²) < 4.78 is 4.70. The number of aromatic nitrogens is 1. The monoisotopic (exact) mass is 342 g/mol. The van der Waals surface area contributed by atoms with E-state index < -0.39 is 10.9 Å². The molecule has 0 amide bonds. The molecule has 0 aliphatic carbocycles. The van der Waals surface area contributed by atoms with Crippen LogP contribution in [-0.4, -0.2) is 23.0 Å². The van der Waals surface area contributed by atoms with E-state index in [0.29, 0.717) is 16.0 Å². The fourth-order valence-corrected chi connectivity index (χ4v) is 2.58. The third-order valence-corrected chi connectivity index (χ3v) is 3.82. The van der Waals surface area contributed by atoms with Crippen molar-refractivity contribution in [3.8, 4) is 11.1 Å². The van der Waals surface area contributed by atoms with E-state index >= 15 is 0 Å². The third-order valence-electron chi connectivity index (χ3n) is 3.56. The Kier molecular flexibility index (Phi) is 4.14. The summed E-state index contributed by atoms with van der Waals surface area (Å²) in [6.45, 7) is 0. The van der Waals surface area contributed by atoms with Gasteiger partial charge in [-0.25, -0.2) is 9.78 Å². The Morgan fingerprint density at radius 2 is 1.92 bits per heavy atom. The second kappa shape index (κ2) is 6.25. The Bertz CT molecular complexity index is 955. The number of nitro groups is 1. The quantitative estimate of drug-likeness (QED) is 0.403. The van der Waals surface area contributed by atoms with Crippen LogP contribution in [0.4, 0.5) is 5.69 Å². The molecule has 7 heteroatoms. The number of rotatable bonds is 3. The van der Waals surface area contributed by atoms with Crippen molar-refractivity contribution < 1.29 is 14.5 Å². The lowest BCUT2D eigenvalue weighted by molar-refractivity contribution is -0.383. The van der Waals surface area contributed by atoms with Crippen LogP contribution in [0.1, 0.15) is 10.5 Å². The molecular formula is C17H11ClN2O4. The molecule has 1 heterocycles. The van der Waals surface area contributed by atoms with Gasteiger partial charge < -0.3 is 4.74 Å². The lowest BCUT2D eigenvalue weighted by Crippen LogP contribution is -2.06. The van der Waals surface area contributed by atoms with Crippen LogP contribution < -0.4 is 0 Å². The van der Waals surface area contributed by atoms with Crippen LogP contribution >= 0.6 is 11.6 Å². The van der Waals surface area contributed by atoms with Crippen molar-refractivity contribution in [3.63, 3.8) is 0 Å². The molecule has 0 bridgehead atoms. The van der Waals surface area contributed by atoms with E-state index in [9.17, 15) is 14.9 Å². The number of halogens is 1. The average molecular weight is 343 g/mol. The molecule has 0 saturated heterocycles. The van der Waals surface area contributed by atoms with E-state index in [4.69, 9.17) is 16.3 Å². The van der Waals surface area contributed by atoms with Crippen molar-refractivity contribution in [1.29, 1.82) is 0 Å². The van der Waals surface area contributed by atoms with Gasteiger partial charge in [-0.15, -0.1) is 0 Å². The van der Waals surface area contributed by atoms with E-state index in [1.807, 2.05) is 0 Å². The molecule has 0 fully saturated rings. The summed E-state index contributed by atoms with van der Waals surface area (Å²) in [5, 5.41) is 12.4. The predicted molar refractivity (Wildman–Crippen MR) is 90.2 cm³/mol. The van der Waals surface area contributed by atoms with E-state index in [0.717, 1.165) is 5.56 Å². The summed E-state index contributed by atoms with van der Waals surface area (Å²) in [7, 11) is 1.23. The minimum atomic E-state index is -0.662. The molecule has 3 aromatic rings. The topological polar surface area (TPSA) is 82.3 Å². The van der Waals surface area contributed by atoms with E-state index in [1.54, 1.807) is 42.5 Å². The number of hydrogen-bond acceptors (Lipinski definition) is 5. The molecule has 6 nitrogen and oxygen atoms in total. The van der Waals surface area contributed by atoms with Crippen molar-refractivity contribution in [2.24, 2.45) is 0 Å². The smallest absolute Gasteiger partial charge is 0.356 e. The SMILES string of the molecule is COC(=O)c1cc(-c2ccc(Cl)cc2)c2cccc([N+](=O)[O-])c2n1. The van der Waals surface area contributed by atoms with Crippen molar-refractivity contribution >= 4 is 34.2 Å². The molecule has 0 spiro atoms. The molecule has 0 N–H and O–H groups in total. The zero-order valence-electron chi connectivity index (χ0n) is 12.5. The maximum atomic E-state index is 11.9. The Morgan fingerprint density at radius 1 is 1.21 bits per heavy atom. The van der Waals surface area contributed by atoms with Gasteiger partial charge >= 0.3 is 5.97 Å². The van der Waals surface area contributed by atoms with Crippen LogP contribution in [0.25, 0.3) is 22.0 Å². The second-order valence-corrected chi connectivity index (χ2v) is 5.42. The van der Waals surface area contributed by atoms with Crippen molar-refractivity contribution in [3.05, 3.63) is 69.4 Å². The van der Waals surface area contributed by atoms with Crippen LogP contribution in [0.5, 0.6) is 0 Å². The Hall–Kier alpha value is -2.99. The summed E-state index contributed by atoms with van der Waals surface area (Å²) in [4.78, 5) is 26.8. The van der Waals surface area contributed by atoms with Crippen LogP contribution in [0.2, 0.25) is 5.02 Å². The number of methoxy groups -OCH3 is 1. The predicted octanol–water partition coefficient (Wildman–Crippen LogP) is 4.25. The van der Waals surface area contributed by atoms with E-state index in [2.05, 4.69) is 4.98 Å². The highest BCUT2D eigenvalue weighted by Gasteiger charge is 2.20. The first-order chi connectivity index (χ1) is 11.5. The van der Waals surface area contributed by atoms with Gasteiger partial charge in [0.05, 0.1) is 12.0 Å². The van der Waals surface area contributed by atoms with Gasteiger partial charge in [-0.3, -0.25) is 10.1 Å². The summed E-state index contributed by atoms with van der Waals surface area (Å²) in [6, 6.07) is 13.2. The summed E-state index contributed by atoms with van der Waals surface area (Å²) in [6.07, 6.45) is 0. The fraction of sp³-hybridized carbons (Fsp3) is 0.0588. The number of nitrogens with zero attached hydrogens (tertiary/aromatic N) is 2. The van der Waals surface area contributed by atoms with Crippen molar-refractivity contribution in [1.82, 2.24) is 4.98 Å². The summed E-state index contributed by atoms with van der Waals surface area (Å²) in [5.41, 5.74) is 1.37. The number of fused-ring (bicyclic) bond motifs is 1. The number of carbonyl (C=O) groups excluding carboxylic acids is 1. The number of nitro benzene ring substituents is 1. The molecule has 120 valence electrons. The van der Waals surface area contributed by atoms with Gasteiger partial charge in [0, 0.05) is 16.5 Å². The average Bonchev–Trinajstić information content (AvgIpc) is 2.60. The van der Waals surface area contributed by atoms with Gasteiger partial charge in [0.15, 0.2) is 0 Å². The van der Waals surface area contributed by atoms with Gasteiger partial charge in [-0.05, 0) is 29.3 Å². The molecule has 0 unspecified atom stereocenters. The largest absolute Gasteiger partial charge is 0.464 e. The highest BCUT2D eigenvalue weighted by Crippen LogP contribution is 2.33. The zero-order chi connectivity index (χ0) is 17.3.